The molecular formula is C11H15NO. The molecule has 0 saturated heterocycles. The molecule has 0 spiro atoms. The summed E-state index contributed by atoms with van der Waals surface area (Å²) >= 11 is 0. The summed E-state index contributed by atoms with van der Waals surface area (Å²) in [6.45, 7) is 3.57. The molecule has 0 heterocycles. The van der Waals surface area contributed by atoms with Crippen molar-refractivity contribution < 1.29 is 5.11 Å². The Labute approximate surface area is 78.7 Å². The van der Waals surface area contributed by atoms with E-state index in [4.69, 9.17) is 5.73 Å². The first-order valence-electron chi connectivity index (χ1n) is 4.36. The molecule has 0 fully saturated rings. The summed E-state index contributed by atoms with van der Waals surface area (Å²) in [5.74, 6) is 0. The van der Waals surface area contributed by atoms with Gasteiger partial charge in [-0.25, -0.2) is 0 Å². The smallest absolute Gasteiger partial charge is 0.0615 e. The van der Waals surface area contributed by atoms with Crippen molar-refractivity contribution in [2.24, 2.45) is 0 Å². The maximum Gasteiger partial charge on any atom is 0.0615 e. The molecule has 2 nitrogen and oxygen atoms in total. The molecule has 1 atom stereocenters. The van der Waals surface area contributed by atoms with Crippen LogP contribution in [0.2, 0.25) is 0 Å². The van der Waals surface area contributed by atoms with Crippen LogP contribution in [-0.2, 0) is 6.42 Å². The molecule has 0 radical (unpaired) electrons. The highest BCUT2D eigenvalue weighted by atomic mass is 16.3. The second kappa shape index (κ2) is 4.67. The van der Waals surface area contributed by atoms with Gasteiger partial charge in [-0.15, -0.1) is 6.58 Å². The first-order chi connectivity index (χ1) is 6.24. The quantitative estimate of drug-likeness (QED) is 0.543. The number of rotatable bonds is 4. The molecule has 1 aromatic carbocycles. The Morgan fingerprint density at radius 3 is 2.77 bits per heavy atom. The van der Waals surface area contributed by atoms with Gasteiger partial charge in [0.05, 0.1) is 6.10 Å². The molecule has 70 valence electrons. The van der Waals surface area contributed by atoms with Gasteiger partial charge in [0.2, 0.25) is 0 Å². The van der Waals surface area contributed by atoms with Crippen LogP contribution in [0.1, 0.15) is 12.0 Å². The van der Waals surface area contributed by atoms with E-state index in [1.807, 2.05) is 24.3 Å². The van der Waals surface area contributed by atoms with Crippen molar-refractivity contribution in [3.8, 4) is 0 Å². The minimum atomic E-state index is -0.373. The van der Waals surface area contributed by atoms with Crippen LogP contribution in [0.15, 0.2) is 36.9 Å². The topological polar surface area (TPSA) is 46.2 Å². The zero-order valence-electron chi connectivity index (χ0n) is 7.61. The monoisotopic (exact) mass is 177 g/mol. The predicted molar refractivity (Wildman–Crippen MR) is 55.4 cm³/mol. The molecule has 1 unspecified atom stereocenters. The van der Waals surface area contributed by atoms with E-state index in [2.05, 4.69) is 6.58 Å². The van der Waals surface area contributed by atoms with Crippen molar-refractivity contribution in [2.75, 3.05) is 5.73 Å². The van der Waals surface area contributed by atoms with E-state index in [0.29, 0.717) is 12.8 Å². The van der Waals surface area contributed by atoms with Crippen LogP contribution < -0.4 is 5.73 Å². The van der Waals surface area contributed by atoms with Gasteiger partial charge in [0.15, 0.2) is 0 Å². The van der Waals surface area contributed by atoms with Crippen molar-refractivity contribution in [2.45, 2.75) is 18.9 Å². The fourth-order valence-electron chi connectivity index (χ4n) is 1.25. The third-order valence-corrected chi connectivity index (χ3v) is 1.95. The van der Waals surface area contributed by atoms with Crippen molar-refractivity contribution >= 4 is 5.69 Å². The van der Waals surface area contributed by atoms with Crippen molar-refractivity contribution in [1.82, 2.24) is 0 Å². The summed E-state index contributed by atoms with van der Waals surface area (Å²) in [4.78, 5) is 0. The number of hydrogen-bond donors (Lipinski definition) is 2. The molecule has 1 rings (SSSR count). The Hall–Kier alpha value is -1.28. The predicted octanol–water partition coefficient (Wildman–Crippen LogP) is 1.75. The Kier molecular flexibility index (Phi) is 3.53. The van der Waals surface area contributed by atoms with Gasteiger partial charge in [0.1, 0.15) is 0 Å². The van der Waals surface area contributed by atoms with Crippen molar-refractivity contribution in [3.63, 3.8) is 0 Å². The number of hydrogen-bond acceptors (Lipinski definition) is 2. The largest absolute Gasteiger partial charge is 0.399 e. The summed E-state index contributed by atoms with van der Waals surface area (Å²) in [7, 11) is 0. The minimum absolute atomic E-state index is 0.373. The van der Waals surface area contributed by atoms with E-state index < -0.39 is 0 Å². The van der Waals surface area contributed by atoms with Crippen LogP contribution in [0.4, 0.5) is 5.69 Å². The number of aliphatic hydroxyl groups excluding tert-OH is 1. The zero-order chi connectivity index (χ0) is 9.68. The molecular weight excluding hydrogens is 162 g/mol. The lowest BCUT2D eigenvalue weighted by Crippen LogP contribution is -2.10. The third kappa shape index (κ3) is 2.92. The lowest BCUT2D eigenvalue weighted by Gasteiger charge is -2.09. The molecule has 0 bridgehead atoms. The van der Waals surface area contributed by atoms with Gasteiger partial charge in [-0.3, -0.25) is 0 Å². The Morgan fingerprint density at radius 2 is 2.15 bits per heavy atom. The molecule has 0 amide bonds. The number of aliphatic hydroxyl groups is 1. The molecule has 0 aliphatic carbocycles. The molecule has 13 heavy (non-hydrogen) atoms. The van der Waals surface area contributed by atoms with Gasteiger partial charge < -0.3 is 10.8 Å². The van der Waals surface area contributed by atoms with Crippen LogP contribution in [0.5, 0.6) is 0 Å². The summed E-state index contributed by atoms with van der Waals surface area (Å²) in [5, 5.41) is 9.50. The molecule has 0 aliphatic rings. The van der Waals surface area contributed by atoms with E-state index >= 15 is 0 Å². The number of anilines is 1. The summed E-state index contributed by atoms with van der Waals surface area (Å²) < 4.78 is 0. The van der Waals surface area contributed by atoms with Crippen LogP contribution in [0, 0.1) is 0 Å². The number of nitrogen functional groups attached to an aromatic ring is 1. The normalized spacial score (nSPS) is 12.4. The Bertz CT molecular complexity index is 283. The van der Waals surface area contributed by atoms with Crippen LogP contribution in [-0.4, -0.2) is 11.2 Å². The maximum absolute atomic E-state index is 9.50. The Morgan fingerprint density at radius 1 is 1.46 bits per heavy atom. The van der Waals surface area contributed by atoms with E-state index in [9.17, 15) is 5.11 Å². The fraction of sp³-hybridized carbons (Fsp3) is 0.273. The Balaban J connectivity index is 2.63. The van der Waals surface area contributed by atoms with Gasteiger partial charge in [0.25, 0.3) is 0 Å². The second-order valence-corrected chi connectivity index (χ2v) is 3.08. The summed E-state index contributed by atoms with van der Waals surface area (Å²) in [6.07, 6.45) is 2.54. The molecule has 1 aromatic rings. The van der Waals surface area contributed by atoms with Crippen LogP contribution in [0.25, 0.3) is 0 Å². The van der Waals surface area contributed by atoms with Crippen molar-refractivity contribution in [3.05, 3.63) is 42.5 Å². The fourth-order valence-corrected chi connectivity index (χ4v) is 1.25. The molecule has 0 saturated carbocycles. The maximum atomic E-state index is 9.50. The first kappa shape index (κ1) is 9.81. The van der Waals surface area contributed by atoms with Gasteiger partial charge >= 0.3 is 0 Å². The highest BCUT2D eigenvalue weighted by Crippen LogP contribution is 2.13. The number of nitrogens with two attached hydrogens (primary N) is 1. The number of para-hydroxylation sites is 1. The first-order valence-corrected chi connectivity index (χ1v) is 4.36. The van der Waals surface area contributed by atoms with Gasteiger partial charge in [-0.1, -0.05) is 24.3 Å². The number of benzene rings is 1. The van der Waals surface area contributed by atoms with E-state index in [0.717, 1.165) is 11.3 Å². The lowest BCUT2D eigenvalue weighted by atomic mass is 10.0. The van der Waals surface area contributed by atoms with E-state index in [1.54, 1.807) is 6.08 Å². The average Bonchev–Trinajstić information content (AvgIpc) is 2.09. The molecule has 0 aliphatic heterocycles. The van der Waals surface area contributed by atoms with E-state index in [-0.39, 0.29) is 6.10 Å². The van der Waals surface area contributed by atoms with Crippen LogP contribution >= 0.6 is 0 Å². The highest BCUT2D eigenvalue weighted by molar-refractivity contribution is 5.46. The highest BCUT2D eigenvalue weighted by Gasteiger charge is 2.05. The van der Waals surface area contributed by atoms with E-state index in [1.165, 1.54) is 0 Å². The molecule has 3 N–H and O–H groups in total. The minimum Gasteiger partial charge on any atom is -0.399 e. The summed E-state index contributed by atoms with van der Waals surface area (Å²) in [6, 6.07) is 7.59. The standard InChI is InChI=1S/C11H15NO/c1-2-5-10(13)8-9-6-3-4-7-11(9)12/h2-4,6-7,10,13H,1,5,8,12H2. The third-order valence-electron chi connectivity index (χ3n) is 1.95. The van der Waals surface area contributed by atoms with Crippen LogP contribution in [0.3, 0.4) is 0 Å². The zero-order valence-corrected chi connectivity index (χ0v) is 7.61. The molecule has 2 heteroatoms. The molecule has 0 aromatic heterocycles. The lowest BCUT2D eigenvalue weighted by molar-refractivity contribution is 0.178. The summed E-state index contributed by atoms with van der Waals surface area (Å²) in [5.41, 5.74) is 7.47. The SMILES string of the molecule is C=CCC(O)Cc1ccccc1N. The van der Waals surface area contributed by atoms with Gasteiger partial charge in [-0.2, -0.15) is 0 Å². The van der Waals surface area contributed by atoms with Gasteiger partial charge in [0, 0.05) is 12.1 Å². The average molecular weight is 177 g/mol. The van der Waals surface area contributed by atoms with Gasteiger partial charge in [-0.05, 0) is 18.1 Å². The second-order valence-electron chi connectivity index (χ2n) is 3.08. The van der Waals surface area contributed by atoms with Crippen molar-refractivity contribution in [1.29, 1.82) is 0 Å².